The summed E-state index contributed by atoms with van der Waals surface area (Å²) >= 11 is 6.96. The van der Waals surface area contributed by atoms with Gasteiger partial charge in [0.15, 0.2) is 5.11 Å². The number of hydrogen-bond acceptors (Lipinski definition) is 5. The SMILES string of the molecule is CC(C)Oc1ccc(C(=O)NC(=S)NCc2ccc(-c3nc4ccccc4s3)cc2)cc1. The van der Waals surface area contributed by atoms with Gasteiger partial charge in [-0.05, 0) is 68.0 Å². The number of thiazole rings is 1. The van der Waals surface area contributed by atoms with Gasteiger partial charge in [-0.1, -0.05) is 36.4 Å². The molecule has 4 aromatic rings. The smallest absolute Gasteiger partial charge is 0.257 e. The molecule has 0 bridgehead atoms. The number of amides is 1. The average Bonchev–Trinajstić information content (AvgIpc) is 3.22. The van der Waals surface area contributed by atoms with Crippen LogP contribution in [0.1, 0.15) is 29.8 Å². The summed E-state index contributed by atoms with van der Waals surface area (Å²) in [6.45, 7) is 4.43. The Bertz CT molecular complexity index is 1200. The number of carbonyl (C=O) groups is 1. The van der Waals surface area contributed by atoms with E-state index in [2.05, 4.69) is 28.8 Å². The topological polar surface area (TPSA) is 63.2 Å². The van der Waals surface area contributed by atoms with Gasteiger partial charge in [0.2, 0.25) is 0 Å². The number of thiocarbonyl (C=S) groups is 1. The zero-order chi connectivity index (χ0) is 22.5. The molecule has 1 aromatic heterocycles. The number of hydrogen-bond donors (Lipinski definition) is 2. The molecule has 1 heterocycles. The highest BCUT2D eigenvalue weighted by atomic mass is 32.1. The van der Waals surface area contributed by atoms with E-state index in [0.29, 0.717) is 12.1 Å². The zero-order valence-electron chi connectivity index (χ0n) is 17.8. The summed E-state index contributed by atoms with van der Waals surface area (Å²) in [6, 6.07) is 23.3. The van der Waals surface area contributed by atoms with E-state index in [0.717, 1.165) is 27.4 Å². The first-order chi connectivity index (χ1) is 15.5. The molecule has 0 saturated heterocycles. The normalized spacial score (nSPS) is 10.8. The molecule has 0 fully saturated rings. The summed E-state index contributed by atoms with van der Waals surface area (Å²) in [4.78, 5) is 17.1. The van der Waals surface area contributed by atoms with E-state index >= 15 is 0 Å². The first kappa shape index (κ1) is 21.9. The minimum atomic E-state index is -0.259. The summed E-state index contributed by atoms with van der Waals surface area (Å²) in [5.74, 6) is 0.469. The molecule has 5 nitrogen and oxygen atoms in total. The Morgan fingerprint density at radius 1 is 1.03 bits per heavy atom. The zero-order valence-corrected chi connectivity index (χ0v) is 19.4. The molecule has 7 heteroatoms. The van der Waals surface area contributed by atoms with Gasteiger partial charge < -0.3 is 10.1 Å². The molecule has 3 aromatic carbocycles. The molecule has 0 aliphatic rings. The number of rotatable bonds is 6. The highest BCUT2D eigenvalue weighted by Crippen LogP contribution is 2.30. The summed E-state index contributed by atoms with van der Waals surface area (Å²) in [5, 5.41) is 7.07. The van der Waals surface area contributed by atoms with Gasteiger partial charge in [-0.3, -0.25) is 10.1 Å². The number of fused-ring (bicyclic) bond motifs is 1. The van der Waals surface area contributed by atoms with E-state index in [4.69, 9.17) is 21.9 Å². The Hall–Kier alpha value is -3.29. The lowest BCUT2D eigenvalue weighted by Gasteiger charge is -2.11. The van der Waals surface area contributed by atoms with Crippen LogP contribution in [0.3, 0.4) is 0 Å². The third kappa shape index (κ3) is 5.49. The Balaban J connectivity index is 1.30. The van der Waals surface area contributed by atoms with Gasteiger partial charge in [0, 0.05) is 17.7 Å². The first-order valence-electron chi connectivity index (χ1n) is 10.3. The van der Waals surface area contributed by atoms with Crippen LogP contribution < -0.4 is 15.4 Å². The van der Waals surface area contributed by atoms with Crippen molar-refractivity contribution in [1.82, 2.24) is 15.6 Å². The second-order valence-corrected chi connectivity index (χ2v) is 8.95. The molecule has 0 aliphatic heterocycles. The van der Waals surface area contributed by atoms with Gasteiger partial charge in [0.1, 0.15) is 10.8 Å². The molecule has 4 rings (SSSR count). The summed E-state index contributed by atoms with van der Waals surface area (Å²) in [5.41, 5.74) is 3.67. The van der Waals surface area contributed by atoms with Crippen LogP contribution in [-0.2, 0) is 6.54 Å². The van der Waals surface area contributed by atoms with Crippen molar-refractivity contribution in [2.45, 2.75) is 26.5 Å². The molecule has 1 amide bonds. The fourth-order valence-electron chi connectivity index (χ4n) is 3.12. The second-order valence-electron chi connectivity index (χ2n) is 7.51. The monoisotopic (exact) mass is 461 g/mol. The van der Waals surface area contributed by atoms with Gasteiger partial charge in [0.05, 0.1) is 16.3 Å². The number of para-hydroxylation sites is 1. The maximum atomic E-state index is 12.4. The average molecular weight is 462 g/mol. The molecular formula is C25H23N3O2S2. The molecule has 0 spiro atoms. The van der Waals surface area contributed by atoms with E-state index in [-0.39, 0.29) is 17.1 Å². The van der Waals surface area contributed by atoms with Crippen LogP contribution in [0.4, 0.5) is 0 Å². The molecular weight excluding hydrogens is 438 g/mol. The third-order valence-electron chi connectivity index (χ3n) is 4.66. The Kier molecular flexibility index (Phi) is 6.78. The molecule has 2 N–H and O–H groups in total. The fraction of sp³-hybridized carbons (Fsp3) is 0.160. The predicted molar refractivity (Wildman–Crippen MR) is 134 cm³/mol. The number of ether oxygens (including phenoxy) is 1. The van der Waals surface area contributed by atoms with Gasteiger partial charge in [-0.2, -0.15) is 0 Å². The molecule has 0 aliphatic carbocycles. The summed E-state index contributed by atoms with van der Waals surface area (Å²) < 4.78 is 6.77. The third-order valence-corrected chi connectivity index (χ3v) is 6.00. The van der Waals surface area contributed by atoms with Crippen molar-refractivity contribution < 1.29 is 9.53 Å². The van der Waals surface area contributed by atoms with E-state index in [9.17, 15) is 4.79 Å². The van der Waals surface area contributed by atoms with Crippen molar-refractivity contribution in [3.05, 3.63) is 83.9 Å². The highest BCUT2D eigenvalue weighted by molar-refractivity contribution is 7.80. The molecule has 0 radical (unpaired) electrons. The lowest BCUT2D eigenvalue weighted by molar-refractivity contribution is 0.0976. The fourth-order valence-corrected chi connectivity index (χ4v) is 4.26. The molecule has 0 unspecified atom stereocenters. The summed E-state index contributed by atoms with van der Waals surface area (Å²) in [6.07, 6.45) is 0.0849. The van der Waals surface area contributed by atoms with Gasteiger partial charge in [0.25, 0.3) is 5.91 Å². The van der Waals surface area contributed by atoms with Crippen LogP contribution in [0.25, 0.3) is 20.8 Å². The Morgan fingerprint density at radius 2 is 1.75 bits per heavy atom. The summed E-state index contributed by atoms with van der Waals surface area (Å²) in [7, 11) is 0. The lowest BCUT2D eigenvalue weighted by Crippen LogP contribution is -2.38. The minimum Gasteiger partial charge on any atom is -0.491 e. The number of nitrogens with zero attached hydrogens (tertiary/aromatic N) is 1. The van der Waals surface area contributed by atoms with Crippen LogP contribution in [0.2, 0.25) is 0 Å². The van der Waals surface area contributed by atoms with Crippen LogP contribution in [0.5, 0.6) is 5.75 Å². The highest BCUT2D eigenvalue weighted by Gasteiger charge is 2.09. The molecule has 32 heavy (non-hydrogen) atoms. The van der Waals surface area contributed by atoms with Gasteiger partial charge >= 0.3 is 0 Å². The van der Waals surface area contributed by atoms with Crippen molar-refractivity contribution in [1.29, 1.82) is 0 Å². The quantitative estimate of drug-likeness (QED) is 0.368. The van der Waals surface area contributed by atoms with Gasteiger partial charge in [-0.15, -0.1) is 11.3 Å². The maximum absolute atomic E-state index is 12.4. The minimum absolute atomic E-state index is 0.0849. The van der Waals surface area contributed by atoms with E-state index in [1.165, 1.54) is 4.70 Å². The van der Waals surface area contributed by atoms with E-state index in [1.54, 1.807) is 35.6 Å². The molecule has 0 atom stereocenters. The van der Waals surface area contributed by atoms with Gasteiger partial charge in [-0.25, -0.2) is 4.98 Å². The molecule has 0 saturated carbocycles. The largest absolute Gasteiger partial charge is 0.491 e. The predicted octanol–water partition coefficient (Wildman–Crippen LogP) is 5.56. The van der Waals surface area contributed by atoms with Crippen molar-refractivity contribution in [2.75, 3.05) is 0 Å². The number of carbonyl (C=O) groups excluding carboxylic acids is 1. The maximum Gasteiger partial charge on any atom is 0.257 e. The van der Waals surface area contributed by atoms with Crippen LogP contribution in [-0.4, -0.2) is 22.1 Å². The van der Waals surface area contributed by atoms with Crippen LogP contribution in [0, 0.1) is 0 Å². The Labute approximate surface area is 196 Å². The van der Waals surface area contributed by atoms with Crippen molar-refractivity contribution in [3.63, 3.8) is 0 Å². The van der Waals surface area contributed by atoms with E-state index < -0.39 is 0 Å². The number of aromatic nitrogens is 1. The van der Waals surface area contributed by atoms with Crippen LogP contribution >= 0.6 is 23.6 Å². The standard InChI is InChI=1S/C25H23N3O2S2/c1-16(2)30-20-13-11-18(12-14-20)23(29)28-25(31)26-15-17-7-9-19(10-8-17)24-27-21-5-3-4-6-22(21)32-24/h3-14,16H,15H2,1-2H3,(H2,26,28,29,31). The second kappa shape index (κ2) is 9.89. The first-order valence-corrected chi connectivity index (χ1v) is 11.5. The van der Waals surface area contributed by atoms with Crippen molar-refractivity contribution in [2.24, 2.45) is 0 Å². The Morgan fingerprint density at radius 3 is 2.44 bits per heavy atom. The molecule has 162 valence electrons. The van der Waals surface area contributed by atoms with Crippen molar-refractivity contribution in [3.8, 4) is 16.3 Å². The lowest BCUT2D eigenvalue weighted by atomic mass is 10.1. The number of benzene rings is 3. The van der Waals surface area contributed by atoms with Crippen molar-refractivity contribution >= 4 is 44.8 Å². The number of nitrogens with one attached hydrogen (secondary N) is 2. The van der Waals surface area contributed by atoms with Crippen LogP contribution in [0.15, 0.2) is 72.8 Å². The van der Waals surface area contributed by atoms with E-state index in [1.807, 2.05) is 44.2 Å².